The van der Waals surface area contributed by atoms with Gasteiger partial charge in [0.05, 0.1) is 10.0 Å². The van der Waals surface area contributed by atoms with Gasteiger partial charge in [0.15, 0.2) is 0 Å². The highest BCUT2D eigenvalue weighted by Crippen LogP contribution is 2.32. The molecule has 1 aliphatic rings. The number of rotatable bonds is 3. The lowest BCUT2D eigenvalue weighted by molar-refractivity contribution is 0.242. The van der Waals surface area contributed by atoms with Crippen molar-refractivity contribution in [1.82, 2.24) is 4.31 Å². The average Bonchev–Trinajstić information content (AvgIpc) is 2.50. The third-order valence-electron chi connectivity index (χ3n) is 3.87. The molecule has 2 rings (SSSR count). The van der Waals surface area contributed by atoms with Crippen LogP contribution in [-0.2, 0) is 0 Å². The average molecular weight is 396 g/mol. The van der Waals surface area contributed by atoms with E-state index in [0.29, 0.717) is 15.7 Å². The third kappa shape index (κ3) is 5.93. The molecule has 0 spiro atoms. The largest absolute Gasteiger partial charge is 0.331 e. The van der Waals surface area contributed by atoms with Crippen molar-refractivity contribution < 1.29 is 4.79 Å². The van der Waals surface area contributed by atoms with Gasteiger partial charge in [-0.1, -0.05) is 48.9 Å². The molecule has 1 fully saturated rings. The standard InChI is InChI=1S/C16H21Cl3N2OS/c1-21(23-15-7-5-3-2-4-6-13(15)18)16(22)20-11-8-9-12(17)14(19)10-11/h8-10,13,15H,2-7H2,1H3,(H,20,22). The van der Waals surface area contributed by atoms with Crippen LogP contribution in [0.3, 0.4) is 0 Å². The van der Waals surface area contributed by atoms with Gasteiger partial charge in [0.1, 0.15) is 0 Å². The summed E-state index contributed by atoms with van der Waals surface area (Å²) in [4.78, 5) is 12.3. The lowest BCUT2D eigenvalue weighted by atomic mass is 10.0. The Kier molecular flexibility index (Phi) is 7.67. The quantitative estimate of drug-likeness (QED) is 0.472. The minimum atomic E-state index is -0.195. The van der Waals surface area contributed by atoms with Crippen LogP contribution >= 0.6 is 46.8 Å². The first-order valence-electron chi connectivity index (χ1n) is 7.78. The maximum absolute atomic E-state index is 12.3. The van der Waals surface area contributed by atoms with Gasteiger partial charge in [-0.2, -0.15) is 0 Å². The maximum atomic E-state index is 12.3. The zero-order valence-corrected chi connectivity index (χ0v) is 16.1. The second kappa shape index (κ2) is 9.26. The molecule has 0 bridgehead atoms. The summed E-state index contributed by atoms with van der Waals surface area (Å²) in [6, 6.07) is 4.83. The summed E-state index contributed by atoms with van der Waals surface area (Å²) in [5.74, 6) is 0. The molecule has 0 aliphatic heterocycles. The van der Waals surface area contributed by atoms with Crippen LogP contribution in [0, 0.1) is 0 Å². The minimum Gasteiger partial charge on any atom is -0.307 e. The molecular formula is C16H21Cl3N2OS. The molecule has 128 valence electrons. The highest BCUT2D eigenvalue weighted by atomic mass is 35.5. The molecule has 3 nitrogen and oxygen atoms in total. The first-order chi connectivity index (χ1) is 11.0. The Morgan fingerprint density at radius 3 is 2.57 bits per heavy atom. The number of anilines is 1. The summed E-state index contributed by atoms with van der Waals surface area (Å²) in [6.45, 7) is 0. The fourth-order valence-corrected chi connectivity index (χ4v) is 4.36. The SMILES string of the molecule is CN(SC1CCCCCCC1Cl)C(=O)Nc1ccc(Cl)c(Cl)c1. The van der Waals surface area contributed by atoms with Crippen LogP contribution in [0.2, 0.25) is 10.0 Å². The van der Waals surface area contributed by atoms with E-state index < -0.39 is 0 Å². The summed E-state index contributed by atoms with van der Waals surface area (Å²) in [7, 11) is 1.76. The third-order valence-corrected chi connectivity index (χ3v) is 6.60. The molecule has 1 aromatic carbocycles. The Morgan fingerprint density at radius 1 is 1.17 bits per heavy atom. The van der Waals surface area contributed by atoms with Gasteiger partial charge in [0.2, 0.25) is 0 Å². The molecule has 2 amide bonds. The van der Waals surface area contributed by atoms with E-state index in [-0.39, 0.29) is 16.7 Å². The molecule has 1 saturated carbocycles. The highest BCUT2D eigenvalue weighted by Gasteiger charge is 2.25. The van der Waals surface area contributed by atoms with Gasteiger partial charge in [0, 0.05) is 23.4 Å². The molecule has 23 heavy (non-hydrogen) atoms. The van der Waals surface area contributed by atoms with Gasteiger partial charge < -0.3 is 5.32 Å². The minimum absolute atomic E-state index is 0.112. The lowest BCUT2D eigenvalue weighted by Gasteiger charge is -2.28. The van der Waals surface area contributed by atoms with Crippen molar-refractivity contribution in [3.63, 3.8) is 0 Å². The Balaban J connectivity index is 1.91. The summed E-state index contributed by atoms with van der Waals surface area (Å²) in [5, 5.41) is 4.08. The van der Waals surface area contributed by atoms with E-state index in [2.05, 4.69) is 5.32 Å². The molecule has 0 saturated heterocycles. The van der Waals surface area contributed by atoms with Crippen molar-refractivity contribution >= 4 is 58.5 Å². The van der Waals surface area contributed by atoms with Gasteiger partial charge in [-0.3, -0.25) is 4.31 Å². The number of urea groups is 1. The normalized spacial score (nSPS) is 22.1. The second-order valence-electron chi connectivity index (χ2n) is 5.71. The first kappa shape index (κ1) is 19.0. The highest BCUT2D eigenvalue weighted by molar-refractivity contribution is 7.98. The van der Waals surface area contributed by atoms with E-state index >= 15 is 0 Å². The molecule has 1 aliphatic carbocycles. The van der Waals surface area contributed by atoms with Crippen LogP contribution in [-0.4, -0.2) is 28.0 Å². The van der Waals surface area contributed by atoms with Crippen LogP contribution in [0.25, 0.3) is 0 Å². The first-order valence-corrected chi connectivity index (χ1v) is 9.81. The van der Waals surface area contributed by atoms with Crippen molar-refractivity contribution in [2.75, 3.05) is 12.4 Å². The number of amides is 2. The monoisotopic (exact) mass is 394 g/mol. The molecule has 7 heteroatoms. The number of nitrogens with zero attached hydrogens (tertiary/aromatic N) is 1. The van der Waals surface area contributed by atoms with E-state index in [1.165, 1.54) is 37.6 Å². The smallest absolute Gasteiger partial charge is 0.307 e. The summed E-state index contributed by atoms with van der Waals surface area (Å²) in [5.41, 5.74) is 0.622. The topological polar surface area (TPSA) is 32.3 Å². The molecule has 2 unspecified atom stereocenters. The zero-order chi connectivity index (χ0) is 16.8. The van der Waals surface area contributed by atoms with Crippen LogP contribution in [0.5, 0.6) is 0 Å². The number of hydrogen-bond donors (Lipinski definition) is 1. The van der Waals surface area contributed by atoms with Crippen molar-refractivity contribution in [3.05, 3.63) is 28.2 Å². The Morgan fingerprint density at radius 2 is 1.87 bits per heavy atom. The number of alkyl halides is 1. The number of hydrogen-bond acceptors (Lipinski definition) is 2. The Bertz CT molecular complexity index is 544. The maximum Gasteiger partial charge on any atom is 0.331 e. The number of carbonyl (C=O) groups excluding carboxylic acids is 1. The van der Waals surface area contributed by atoms with Crippen molar-refractivity contribution in [1.29, 1.82) is 0 Å². The molecular weight excluding hydrogens is 375 g/mol. The predicted molar refractivity (Wildman–Crippen MR) is 102 cm³/mol. The second-order valence-corrected chi connectivity index (χ2v) is 8.45. The van der Waals surface area contributed by atoms with E-state index in [1.54, 1.807) is 29.6 Å². The molecule has 1 aromatic rings. The van der Waals surface area contributed by atoms with Crippen molar-refractivity contribution in [3.8, 4) is 0 Å². The molecule has 2 atom stereocenters. The van der Waals surface area contributed by atoms with Gasteiger partial charge in [-0.05, 0) is 43.0 Å². The van der Waals surface area contributed by atoms with E-state index in [0.717, 1.165) is 12.8 Å². The van der Waals surface area contributed by atoms with Gasteiger partial charge in [-0.15, -0.1) is 11.6 Å². The number of nitrogens with one attached hydrogen (secondary N) is 1. The van der Waals surface area contributed by atoms with Gasteiger partial charge in [0.25, 0.3) is 0 Å². The van der Waals surface area contributed by atoms with E-state index in [9.17, 15) is 4.79 Å². The van der Waals surface area contributed by atoms with Crippen molar-refractivity contribution in [2.24, 2.45) is 0 Å². The van der Waals surface area contributed by atoms with Crippen LogP contribution in [0.4, 0.5) is 10.5 Å². The fraction of sp³-hybridized carbons (Fsp3) is 0.562. The number of carbonyl (C=O) groups is 1. The Labute approximate surface area is 157 Å². The Hall–Kier alpha value is -0.290. The molecule has 0 aromatic heterocycles. The van der Waals surface area contributed by atoms with E-state index in [4.69, 9.17) is 34.8 Å². The van der Waals surface area contributed by atoms with Gasteiger partial charge in [-0.25, -0.2) is 4.79 Å². The summed E-state index contributed by atoms with van der Waals surface area (Å²) in [6.07, 6.45) is 6.91. The predicted octanol–water partition coefficient (Wildman–Crippen LogP) is 6.44. The fourth-order valence-electron chi connectivity index (χ4n) is 2.55. The van der Waals surface area contributed by atoms with Crippen molar-refractivity contribution in [2.45, 2.75) is 49.2 Å². The summed E-state index contributed by atoms with van der Waals surface area (Å²) >= 11 is 19.9. The molecule has 0 heterocycles. The van der Waals surface area contributed by atoms with Crippen LogP contribution in [0.15, 0.2) is 18.2 Å². The number of benzene rings is 1. The van der Waals surface area contributed by atoms with Crippen LogP contribution < -0.4 is 5.32 Å². The molecule has 1 N–H and O–H groups in total. The van der Waals surface area contributed by atoms with Crippen LogP contribution in [0.1, 0.15) is 38.5 Å². The van der Waals surface area contributed by atoms with Gasteiger partial charge >= 0.3 is 6.03 Å². The lowest BCUT2D eigenvalue weighted by Crippen LogP contribution is -2.31. The van der Waals surface area contributed by atoms with E-state index in [1.807, 2.05) is 0 Å². The summed E-state index contributed by atoms with van der Waals surface area (Å²) < 4.78 is 1.62. The number of halogens is 3. The molecule has 0 radical (unpaired) electrons. The zero-order valence-electron chi connectivity index (χ0n) is 13.0.